The highest BCUT2D eigenvalue weighted by Crippen LogP contribution is 2.39. The molecule has 4 rings (SSSR count). The molecule has 0 unspecified atom stereocenters. The van der Waals surface area contributed by atoms with Gasteiger partial charge in [-0.15, -0.1) is 0 Å². The number of nitrogens with two attached hydrogens (primary N) is 1. The monoisotopic (exact) mass is 600 g/mol. The molecular weight excluding hydrogens is 571 g/mol. The fourth-order valence-electron chi connectivity index (χ4n) is 4.96. The summed E-state index contributed by atoms with van der Waals surface area (Å²) in [6.45, 7) is 0. The van der Waals surface area contributed by atoms with Crippen LogP contribution in [0.4, 0.5) is 5.69 Å². The van der Waals surface area contributed by atoms with Gasteiger partial charge >= 0.3 is 13.8 Å². The number of hydrogen-bond donors (Lipinski definition) is 6. The minimum Gasteiger partial charge on any atom is -0.480 e. The van der Waals surface area contributed by atoms with E-state index in [9.17, 15) is 33.6 Å². The van der Waals surface area contributed by atoms with Crippen molar-refractivity contribution >= 4 is 49.2 Å². The van der Waals surface area contributed by atoms with E-state index in [1.807, 2.05) is 12.1 Å². The highest BCUT2D eigenvalue weighted by atomic mass is 31.2. The summed E-state index contributed by atoms with van der Waals surface area (Å²) in [5.41, 5.74) is 7.76. The molecule has 2 aliphatic rings. The van der Waals surface area contributed by atoms with Gasteiger partial charge in [0.05, 0.1) is 5.69 Å². The Balaban J connectivity index is 1.48. The molecule has 0 bridgehead atoms. The van der Waals surface area contributed by atoms with Crippen molar-refractivity contribution in [3.63, 3.8) is 0 Å². The Morgan fingerprint density at radius 1 is 1.12 bits per heavy atom. The van der Waals surface area contributed by atoms with Gasteiger partial charge < -0.3 is 26.0 Å². The average Bonchev–Trinajstić information content (AvgIpc) is 3.25. The Morgan fingerprint density at radius 3 is 2.45 bits per heavy atom. The predicted molar refractivity (Wildman–Crippen MR) is 148 cm³/mol. The molecule has 4 amide bonds. The summed E-state index contributed by atoms with van der Waals surface area (Å²) < 4.78 is 15.4. The van der Waals surface area contributed by atoms with Crippen molar-refractivity contribution in [2.45, 2.75) is 50.2 Å². The third-order valence-corrected chi connectivity index (χ3v) is 7.30. The van der Waals surface area contributed by atoms with Crippen molar-refractivity contribution < 1.29 is 48.0 Å². The van der Waals surface area contributed by atoms with Crippen LogP contribution in [0, 0.1) is 0 Å². The molecule has 2 aromatic rings. The topological polar surface area (TPSA) is 226 Å². The molecule has 0 radical (unpaired) electrons. The van der Waals surface area contributed by atoms with E-state index in [1.165, 1.54) is 41.3 Å². The summed E-state index contributed by atoms with van der Waals surface area (Å²) in [6, 6.07) is 7.59. The van der Waals surface area contributed by atoms with Gasteiger partial charge in [0.1, 0.15) is 23.9 Å². The van der Waals surface area contributed by atoms with Crippen molar-refractivity contribution in [1.82, 2.24) is 10.6 Å². The quantitative estimate of drug-likeness (QED) is 0.154. The van der Waals surface area contributed by atoms with E-state index in [-0.39, 0.29) is 31.4 Å². The van der Waals surface area contributed by atoms with E-state index < -0.39 is 55.5 Å². The number of rotatable bonds is 11. The first-order chi connectivity index (χ1) is 19.8. The van der Waals surface area contributed by atoms with Crippen LogP contribution in [0.2, 0.25) is 0 Å². The zero-order chi connectivity index (χ0) is 30.6. The maximum absolute atomic E-state index is 13.7. The zero-order valence-corrected chi connectivity index (χ0v) is 23.0. The predicted octanol–water partition coefficient (Wildman–Crippen LogP) is 0.395. The summed E-state index contributed by atoms with van der Waals surface area (Å²) >= 11 is 0. The number of carboxylic acid groups (broad SMARTS) is 1. The van der Waals surface area contributed by atoms with Crippen LogP contribution in [0.25, 0.3) is 6.08 Å². The van der Waals surface area contributed by atoms with Crippen LogP contribution in [0.3, 0.4) is 0 Å². The highest BCUT2D eigenvalue weighted by Gasteiger charge is 2.44. The molecule has 2 heterocycles. The van der Waals surface area contributed by atoms with Gasteiger partial charge in [-0.25, -0.2) is 9.36 Å². The summed E-state index contributed by atoms with van der Waals surface area (Å²) in [5.74, 6) is -3.94. The second-order valence-electron chi connectivity index (χ2n) is 9.84. The van der Waals surface area contributed by atoms with Gasteiger partial charge in [0.25, 0.3) is 0 Å². The fraction of sp³-hybridized carbons (Fsp3) is 0.296. The van der Waals surface area contributed by atoms with Crippen molar-refractivity contribution in [2.75, 3.05) is 4.90 Å². The number of primary amides is 1. The largest absolute Gasteiger partial charge is 0.524 e. The molecule has 0 spiro atoms. The standard InChI is InChI=1S/C27H29N4O10P/c28-22(32)12-11-20(27(36)37)30-25(34)21-14-17-3-1-2-16-7-10-19(26(35)31(21)24(16)17)29-23(33)13-6-15-4-8-18(9-5-15)41-42(38,39)40/h1-6,8-9,13,19-21H,7,10-12,14H2,(H2,28,32)(H,29,33)(H,30,34)(H,36,37)(H2,38,39,40)/b13-6+/t19-,20-,21-/m0/s1. The molecule has 0 aromatic heterocycles. The van der Waals surface area contributed by atoms with Gasteiger partial charge in [-0.3, -0.25) is 33.9 Å². The molecule has 3 atom stereocenters. The first-order valence-corrected chi connectivity index (χ1v) is 14.4. The van der Waals surface area contributed by atoms with Gasteiger partial charge in [-0.05, 0) is 54.2 Å². The Hall–Kier alpha value is -4.52. The van der Waals surface area contributed by atoms with Crippen LogP contribution in [0.5, 0.6) is 5.75 Å². The first kappa shape index (κ1) is 30.4. The number of para-hydroxylation sites is 1. The molecule has 14 nitrogen and oxygen atoms in total. The Bertz CT molecular complexity index is 1490. The number of hydrogen-bond acceptors (Lipinski definition) is 7. The molecule has 42 heavy (non-hydrogen) atoms. The number of aliphatic carboxylic acids is 1. The number of nitrogens with one attached hydrogen (secondary N) is 2. The third kappa shape index (κ3) is 7.40. The minimum atomic E-state index is -4.71. The smallest absolute Gasteiger partial charge is 0.480 e. The number of anilines is 1. The van der Waals surface area contributed by atoms with Crippen LogP contribution in [0.15, 0.2) is 48.5 Å². The number of phosphoric acid groups is 1. The maximum Gasteiger partial charge on any atom is 0.524 e. The molecule has 2 aromatic carbocycles. The normalized spacial score (nSPS) is 18.6. The van der Waals surface area contributed by atoms with Gasteiger partial charge in [0, 0.05) is 18.9 Å². The van der Waals surface area contributed by atoms with Crippen LogP contribution < -0.4 is 25.8 Å². The number of carbonyl (C=O) groups excluding carboxylic acids is 4. The summed E-state index contributed by atoms with van der Waals surface area (Å²) in [7, 11) is -4.71. The third-order valence-electron chi connectivity index (χ3n) is 6.85. The molecule has 222 valence electrons. The average molecular weight is 601 g/mol. The molecule has 0 saturated carbocycles. The zero-order valence-electron chi connectivity index (χ0n) is 22.1. The van der Waals surface area contributed by atoms with Gasteiger partial charge in [-0.1, -0.05) is 30.3 Å². The molecular formula is C27H29N4O10P. The second-order valence-corrected chi connectivity index (χ2v) is 11.0. The van der Waals surface area contributed by atoms with Crippen LogP contribution >= 0.6 is 7.82 Å². The van der Waals surface area contributed by atoms with Crippen molar-refractivity contribution in [3.8, 4) is 5.75 Å². The minimum absolute atomic E-state index is 0.0559. The molecule has 15 heteroatoms. The number of carboxylic acids is 1. The number of carbonyl (C=O) groups is 5. The van der Waals surface area contributed by atoms with Gasteiger partial charge in [0.15, 0.2) is 0 Å². The van der Waals surface area contributed by atoms with E-state index in [2.05, 4.69) is 15.2 Å². The number of nitrogens with zero attached hydrogens (tertiary/aromatic N) is 1. The lowest BCUT2D eigenvalue weighted by atomic mass is 10.0. The molecule has 0 fully saturated rings. The first-order valence-electron chi connectivity index (χ1n) is 12.9. The number of aryl methyl sites for hydroxylation is 1. The second kappa shape index (κ2) is 12.6. The number of phosphoric ester groups is 1. The van der Waals surface area contributed by atoms with E-state index in [0.29, 0.717) is 17.7 Å². The number of amides is 4. The lowest BCUT2D eigenvalue weighted by Gasteiger charge is -2.28. The SMILES string of the molecule is NC(=O)CC[C@H](NC(=O)[C@@H]1Cc2cccc3c2N1C(=O)[C@@H](NC(=O)/C=C/c1ccc(OP(=O)(O)O)cc1)CC3)C(=O)O. The molecule has 2 aliphatic heterocycles. The summed E-state index contributed by atoms with van der Waals surface area (Å²) in [4.78, 5) is 81.7. The van der Waals surface area contributed by atoms with Crippen molar-refractivity contribution in [1.29, 1.82) is 0 Å². The van der Waals surface area contributed by atoms with E-state index in [1.54, 1.807) is 6.07 Å². The van der Waals surface area contributed by atoms with Crippen molar-refractivity contribution in [3.05, 3.63) is 65.2 Å². The lowest BCUT2D eigenvalue weighted by molar-refractivity contribution is -0.142. The number of benzene rings is 2. The Morgan fingerprint density at radius 2 is 1.81 bits per heavy atom. The van der Waals surface area contributed by atoms with Gasteiger partial charge in [0.2, 0.25) is 23.6 Å². The van der Waals surface area contributed by atoms with Crippen LogP contribution in [0.1, 0.15) is 36.0 Å². The lowest BCUT2D eigenvalue weighted by Crippen LogP contribution is -2.56. The van der Waals surface area contributed by atoms with Crippen LogP contribution in [-0.2, 0) is 41.4 Å². The van der Waals surface area contributed by atoms with E-state index in [4.69, 9.17) is 15.5 Å². The van der Waals surface area contributed by atoms with Crippen molar-refractivity contribution in [2.24, 2.45) is 5.73 Å². The summed E-state index contributed by atoms with van der Waals surface area (Å²) in [5, 5.41) is 14.6. The van der Waals surface area contributed by atoms with Gasteiger partial charge in [-0.2, -0.15) is 0 Å². The molecule has 0 saturated heterocycles. The van der Waals surface area contributed by atoms with E-state index in [0.717, 1.165) is 11.1 Å². The Labute approximate surface area is 239 Å². The fourth-order valence-corrected chi connectivity index (χ4v) is 5.35. The Kier molecular flexibility index (Phi) is 9.10. The highest BCUT2D eigenvalue weighted by molar-refractivity contribution is 7.46. The van der Waals surface area contributed by atoms with Crippen LogP contribution in [-0.4, -0.2) is 62.6 Å². The van der Waals surface area contributed by atoms with E-state index >= 15 is 0 Å². The molecule has 0 aliphatic carbocycles. The summed E-state index contributed by atoms with van der Waals surface area (Å²) in [6.07, 6.45) is 3.01. The molecule has 7 N–H and O–H groups in total. The maximum atomic E-state index is 13.7.